The highest BCUT2D eigenvalue weighted by atomic mass is 16.7. The first kappa shape index (κ1) is 20.8. The molecule has 6 heteroatoms. The summed E-state index contributed by atoms with van der Waals surface area (Å²) in [4.78, 5) is 4.25. The molecule has 2 aromatic heterocycles. The molecule has 1 aliphatic heterocycles. The molecule has 0 radical (unpaired) electrons. The van der Waals surface area contributed by atoms with Crippen molar-refractivity contribution < 1.29 is 18.9 Å². The number of pyridine rings is 2. The second-order valence-corrected chi connectivity index (χ2v) is 7.13. The molecule has 0 aliphatic carbocycles. The fraction of sp³-hybridized carbons (Fsp3) is 0.200. The fourth-order valence-corrected chi connectivity index (χ4v) is 3.64. The van der Waals surface area contributed by atoms with Gasteiger partial charge in [-0.15, -0.1) is 0 Å². The van der Waals surface area contributed by atoms with Gasteiger partial charge in [-0.05, 0) is 30.2 Å². The van der Waals surface area contributed by atoms with Gasteiger partial charge in [-0.3, -0.25) is 0 Å². The number of hydrogen-bond donors (Lipinski definition) is 0. The van der Waals surface area contributed by atoms with Crippen molar-refractivity contribution in [1.82, 2.24) is 4.98 Å². The number of allylic oxidation sites excluding steroid dienone is 4. The number of aromatic nitrogens is 2. The zero-order valence-electron chi connectivity index (χ0n) is 17.6. The predicted octanol–water partition coefficient (Wildman–Crippen LogP) is 4.43. The van der Waals surface area contributed by atoms with E-state index in [1.165, 1.54) is 0 Å². The van der Waals surface area contributed by atoms with E-state index in [1.807, 2.05) is 55.5 Å². The molecule has 0 saturated carbocycles. The number of fused-ring (bicyclic) bond motifs is 1. The van der Waals surface area contributed by atoms with Crippen molar-refractivity contribution in [3.8, 4) is 17.0 Å². The topological polar surface area (TPSA) is 67.5 Å². The molecule has 0 unspecified atom stereocenters. The Morgan fingerprint density at radius 3 is 2.61 bits per heavy atom. The van der Waals surface area contributed by atoms with Crippen molar-refractivity contribution in [2.24, 2.45) is 0 Å². The molecular weight excluding hydrogens is 392 g/mol. The van der Waals surface area contributed by atoms with Crippen molar-refractivity contribution in [3.63, 3.8) is 0 Å². The van der Waals surface area contributed by atoms with Crippen molar-refractivity contribution >= 4 is 16.5 Å². The summed E-state index contributed by atoms with van der Waals surface area (Å²) in [6.07, 6.45) is 6.66. The summed E-state index contributed by atoms with van der Waals surface area (Å²) in [5.41, 5.74) is 4.24. The summed E-state index contributed by atoms with van der Waals surface area (Å²) in [5, 5.41) is 14.2. The molecule has 1 aliphatic rings. The maximum absolute atomic E-state index is 13.6. The minimum Gasteiger partial charge on any atom is -0.618 e. The van der Waals surface area contributed by atoms with Gasteiger partial charge in [-0.2, -0.15) is 4.73 Å². The van der Waals surface area contributed by atoms with Crippen LogP contribution in [0.4, 0.5) is 0 Å². The molecule has 31 heavy (non-hydrogen) atoms. The molecule has 1 fully saturated rings. The lowest BCUT2D eigenvalue weighted by Crippen LogP contribution is -2.33. The van der Waals surface area contributed by atoms with Crippen molar-refractivity contribution in [3.05, 3.63) is 89.9 Å². The maximum atomic E-state index is 13.6. The average Bonchev–Trinajstić information content (AvgIpc) is 3.35. The molecular formula is C25H24N2O4. The zero-order chi connectivity index (χ0) is 21.8. The van der Waals surface area contributed by atoms with E-state index in [4.69, 9.17) is 14.2 Å². The van der Waals surface area contributed by atoms with Crippen LogP contribution in [0, 0.1) is 5.21 Å². The van der Waals surface area contributed by atoms with Gasteiger partial charge in [0.1, 0.15) is 5.39 Å². The van der Waals surface area contributed by atoms with E-state index >= 15 is 0 Å². The highest BCUT2D eigenvalue weighted by Crippen LogP contribution is 2.33. The van der Waals surface area contributed by atoms with Crippen LogP contribution < -0.4 is 9.47 Å². The summed E-state index contributed by atoms with van der Waals surface area (Å²) < 4.78 is 17.4. The first-order valence-corrected chi connectivity index (χ1v) is 10.0. The van der Waals surface area contributed by atoms with Gasteiger partial charge in [0.15, 0.2) is 6.29 Å². The largest absolute Gasteiger partial charge is 0.618 e. The highest BCUT2D eigenvalue weighted by molar-refractivity contribution is 5.91. The smallest absolute Gasteiger partial charge is 0.232 e. The molecule has 0 atom stereocenters. The third-order valence-corrected chi connectivity index (χ3v) is 5.19. The third-order valence-electron chi connectivity index (χ3n) is 5.19. The minimum atomic E-state index is -0.359. The molecule has 0 N–H and O–H groups in total. The Balaban J connectivity index is 1.94. The van der Waals surface area contributed by atoms with Gasteiger partial charge >= 0.3 is 0 Å². The molecule has 1 saturated heterocycles. The van der Waals surface area contributed by atoms with E-state index in [-0.39, 0.29) is 6.29 Å². The van der Waals surface area contributed by atoms with Crippen molar-refractivity contribution in [2.45, 2.75) is 13.2 Å². The van der Waals surface area contributed by atoms with Gasteiger partial charge in [0, 0.05) is 17.8 Å². The Morgan fingerprint density at radius 1 is 1.19 bits per heavy atom. The van der Waals surface area contributed by atoms with E-state index in [0.717, 1.165) is 21.4 Å². The Labute approximate surface area is 181 Å². The first-order chi connectivity index (χ1) is 15.1. The van der Waals surface area contributed by atoms with Gasteiger partial charge in [-0.1, -0.05) is 49.1 Å². The number of hydrogen-bond acceptors (Lipinski definition) is 5. The molecule has 3 aromatic rings. The summed E-state index contributed by atoms with van der Waals surface area (Å²) in [7, 11) is 1.54. The normalized spacial score (nSPS) is 15.4. The quantitative estimate of drug-likeness (QED) is 0.338. The lowest BCUT2D eigenvalue weighted by molar-refractivity contribution is -0.579. The van der Waals surface area contributed by atoms with E-state index in [0.29, 0.717) is 41.3 Å². The van der Waals surface area contributed by atoms with Crippen LogP contribution in [0.2, 0.25) is 0 Å². The number of ether oxygens (including phenoxy) is 3. The molecule has 0 spiro atoms. The standard InChI is InChI=1S/C25H24N2O4/c1-4-18(11-10-17(2)25-30-14-15-31-25)23-20(19-8-6-5-7-9-19)16-21-22(27(23)28)12-13-26-24(21)29-3/h4-13,16,25H,1,14-15H2,2-3H3/b17-10+,18-11+. The van der Waals surface area contributed by atoms with E-state index in [2.05, 4.69) is 11.6 Å². The second-order valence-electron chi connectivity index (χ2n) is 7.13. The van der Waals surface area contributed by atoms with Crippen LogP contribution in [0.15, 0.2) is 79.0 Å². The predicted molar refractivity (Wildman–Crippen MR) is 120 cm³/mol. The SMILES string of the molecule is C=C/C(=C\C=C(/C)C1OCCO1)c1c(-c2ccccc2)cc2c(OC)nccc2[n+]1[O-]. The first-order valence-electron chi connectivity index (χ1n) is 10.0. The number of methoxy groups -OCH3 is 1. The lowest BCUT2D eigenvalue weighted by Gasteiger charge is -2.15. The molecule has 4 rings (SSSR count). The van der Waals surface area contributed by atoms with Crippen LogP contribution >= 0.6 is 0 Å². The van der Waals surface area contributed by atoms with E-state index in [9.17, 15) is 5.21 Å². The van der Waals surface area contributed by atoms with E-state index in [1.54, 1.807) is 25.4 Å². The van der Waals surface area contributed by atoms with Crippen molar-refractivity contribution in [1.29, 1.82) is 0 Å². The molecule has 0 bridgehead atoms. The number of benzene rings is 1. The summed E-state index contributed by atoms with van der Waals surface area (Å²) in [5.74, 6) is 0.404. The maximum Gasteiger partial charge on any atom is 0.232 e. The molecule has 0 amide bonds. The van der Waals surface area contributed by atoms with Crippen LogP contribution in [0.1, 0.15) is 12.6 Å². The fourth-order valence-electron chi connectivity index (χ4n) is 3.64. The number of rotatable bonds is 6. The van der Waals surface area contributed by atoms with Crippen LogP contribution in [-0.2, 0) is 9.47 Å². The average molecular weight is 416 g/mol. The Kier molecular flexibility index (Phi) is 6.11. The zero-order valence-corrected chi connectivity index (χ0v) is 17.6. The van der Waals surface area contributed by atoms with Gasteiger partial charge < -0.3 is 19.4 Å². The van der Waals surface area contributed by atoms with E-state index < -0.39 is 0 Å². The van der Waals surface area contributed by atoms with Gasteiger partial charge in [0.25, 0.3) is 0 Å². The summed E-state index contributed by atoms with van der Waals surface area (Å²) >= 11 is 0. The summed E-state index contributed by atoms with van der Waals surface area (Å²) in [6.45, 7) is 7.04. The van der Waals surface area contributed by atoms with Gasteiger partial charge in [0.05, 0.1) is 25.9 Å². The Hall–Kier alpha value is -3.48. The minimum absolute atomic E-state index is 0.359. The molecule has 158 valence electrons. The molecule has 1 aromatic carbocycles. The third kappa shape index (κ3) is 4.08. The molecule has 6 nitrogen and oxygen atoms in total. The summed E-state index contributed by atoms with van der Waals surface area (Å²) in [6, 6.07) is 13.4. The number of nitrogens with zero attached hydrogens (tertiary/aromatic N) is 2. The van der Waals surface area contributed by atoms with Crippen LogP contribution in [0.25, 0.3) is 27.6 Å². The second kappa shape index (κ2) is 9.12. The van der Waals surface area contributed by atoms with Crippen molar-refractivity contribution in [2.75, 3.05) is 20.3 Å². The Morgan fingerprint density at radius 2 is 1.94 bits per heavy atom. The molecule has 3 heterocycles. The van der Waals surface area contributed by atoms with Gasteiger partial charge in [0.2, 0.25) is 17.1 Å². The van der Waals surface area contributed by atoms with Crippen LogP contribution in [-0.4, -0.2) is 31.6 Å². The van der Waals surface area contributed by atoms with Gasteiger partial charge in [-0.25, -0.2) is 4.98 Å². The monoisotopic (exact) mass is 416 g/mol. The highest BCUT2D eigenvalue weighted by Gasteiger charge is 2.23. The van der Waals surface area contributed by atoms with Crippen LogP contribution in [0.3, 0.4) is 0 Å². The van der Waals surface area contributed by atoms with Crippen LogP contribution in [0.5, 0.6) is 5.88 Å². The Bertz CT molecular complexity index is 1160. The lowest BCUT2D eigenvalue weighted by atomic mass is 9.97.